The van der Waals surface area contributed by atoms with Crippen molar-refractivity contribution in [2.45, 2.75) is 19.6 Å². The Kier molecular flexibility index (Phi) is 5.22. The van der Waals surface area contributed by atoms with E-state index in [4.69, 9.17) is 5.11 Å². The van der Waals surface area contributed by atoms with Crippen LogP contribution in [0.4, 0.5) is 24.0 Å². The molecule has 0 radical (unpaired) electrons. The molecule has 0 bridgehead atoms. The second-order valence-electron chi connectivity index (χ2n) is 8.37. The summed E-state index contributed by atoms with van der Waals surface area (Å²) in [4.78, 5) is 21.2. The number of hydrogen-bond acceptors (Lipinski definition) is 8. The van der Waals surface area contributed by atoms with E-state index < -0.39 is 17.7 Å². The number of fused-ring (bicyclic) bond motifs is 1. The highest BCUT2D eigenvalue weighted by Crippen LogP contribution is 2.40. The highest BCUT2D eigenvalue weighted by Gasteiger charge is 2.42. The summed E-state index contributed by atoms with van der Waals surface area (Å²) < 4.78 is 39.5. The topological polar surface area (TPSA) is 100 Å². The molecule has 1 aromatic carbocycles. The lowest BCUT2D eigenvalue weighted by Crippen LogP contribution is -2.29. The number of benzene rings is 1. The smallest absolute Gasteiger partial charge is 0.416 e. The molecule has 3 aromatic rings. The number of carboxylic acid groups (broad SMARTS) is 1. The van der Waals surface area contributed by atoms with E-state index in [0.717, 1.165) is 34.6 Å². The van der Waals surface area contributed by atoms with E-state index >= 15 is 0 Å². The number of hydrogen-bond donors (Lipinski definition) is 1. The molecule has 33 heavy (non-hydrogen) atoms. The first-order chi connectivity index (χ1) is 15.7. The van der Waals surface area contributed by atoms with Gasteiger partial charge in [0, 0.05) is 43.7 Å². The fraction of sp³-hybridized carbons (Fsp3) is 0.450. The van der Waals surface area contributed by atoms with Gasteiger partial charge in [-0.05, 0) is 29.8 Å². The first-order valence-corrected chi connectivity index (χ1v) is 11.1. The summed E-state index contributed by atoms with van der Waals surface area (Å²) >= 11 is 1.41. The molecule has 0 aliphatic carbocycles. The summed E-state index contributed by atoms with van der Waals surface area (Å²) in [5, 5.41) is 21.4. The molecule has 0 saturated carbocycles. The molecule has 0 spiro atoms. The monoisotopic (exact) mass is 479 g/mol. The van der Waals surface area contributed by atoms with E-state index in [1.807, 2.05) is 6.92 Å². The predicted octanol–water partition coefficient (Wildman–Crippen LogP) is 2.78. The fourth-order valence-electron chi connectivity index (χ4n) is 4.52. The Bertz CT molecular complexity index is 1180. The van der Waals surface area contributed by atoms with Gasteiger partial charge in [-0.15, -0.1) is 10.2 Å². The summed E-state index contributed by atoms with van der Waals surface area (Å²) in [5.41, 5.74) is 0.872. The third-order valence-corrected chi connectivity index (χ3v) is 7.13. The number of rotatable bonds is 5. The van der Waals surface area contributed by atoms with Crippen molar-refractivity contribution in [3.63, 3.8) is 0 Å². The number of aromatic nitrogens is 5. The van der Waals surface area contributed by atoms with E-state index in [-0.39, 0.29) is 6.54 Å². The van der Waals surface area contributed by atoms with Crippen LogP contribution in [0.25, 0.3) is 10.7 Å². The van der Waals surface area contributed by atoms with E-state index in [2.05, 4.69) is 30.2 Å². The lowest BCUT2D eigenvalue weighted by molar-refractivity contribution is -0.138. The minimum Gasteiger partial charge on any atom is -0.480 e. The summed E-state index contributed by atoms with van der Waals surface area (Å²) in [6, 6.07) is 3.93. The molecule has 2 aliphatic rings. The Hall–Kier alpha value is -3.22. The van der Waals surface area contributed by atoms with Crippen LogP contribution in [0.3, 0.4) is 0 Å². The molecule has 2 atom stereocenters. The highest BCUT2D eigenvalue weighted by molar-refractivity contribution is 7.18. The lowest BCUT2D eigenvalue weighted by Gasteiger charge is -2.25. The standard InChI is InChI=1S/C20H20F3N7O2S/c1-11-2-3-14(20(21,22)23)4-15(11)28-6-12-8-29(9-13(12)7-28)19-24-5-16(33-19)18-25-27-30(26-18)10-17(31)32/h2-5,12-13H,6-10H2,1H3,(H,31,32). The van der Waals surface area contributed by atoms with Crippen molar-refractivity contribution in [2.75, 3.05) is 36.0 Å². The van der Waals surface area contributed by atoms with Crippen LogP contribution in [-0.4, -0.2) is 62.4 Å². The van der Waals surface area contributed by atoms with Crippen molar-refractivity contribution >= 4 is 28.1 Å². The molecule has 2 fully saturated rings. The Morgan fingerprint density at radius 3 is 2.55 bits per heavy atom. The second kappa shape index (κ2) is 7.97. The molecule has 2 aliphatic heterocycles. The molecule has 4 heterocycles. The first kappa shape index (κ1) is 21.6. The number of tetrazole rings is 1. The van der Waals surface area contributed by atoms with Crippen molar-refractivity contribution < 1.29 is 23.1 Å². The molecule has 1 N–H and O–H groups in total. The summed E-state index contributed by atoms with van der Waals surface area (Å²) in [7, 11) is 0. The first-order valence-electron chi connectivity index (χ1n) is 10.3. The van der Waals surface area contributed by atoms with Crippen LogP contribution in [0.2, 0.25) is 0 Å². The normalized spacial score (nSPS) is 20.5. The molecular weight excluding hydrogens is 459 g/mol. The number of alkyl halides is 3. The largest absolute Gasteiger partial charge is 0.480 e. The van der Waals surface area contributed by atoms with Gasteiger partial charge in [0.05, 0.1) is 16.6 Å². The zero-order chi connectivity index (χ0) is 23.3. The number of carbonyl (C=O) groups is 1. The lowest BCUT2D eigenvalue weighted by atomic mass is 10.0. The zero-order valence-corrected chi connectivity index (χ0v) is 18.3. The number of carboxylic acids is 1. The third-order valence-electron chi connectivity index (χ3n) is 6.08. The van der Waals surface area contributed by atoms with Crippen LogP contribution in [0.1, 0.15) is 11.1 Å². The van der Waals surface area contributed by atoms with Crippen molar-refractivity contribution in [3.05, 3.63) is 35.5 Å². The van der Waals surface area contributed by atoms with Crippen molar-refractivity contribution in [3.8, 4) is 10.7 Å². The molecule has 174 valence electrons. The highest BCUT2D eigenvalue weighted by atomic mass is 32.1. The molecule has 13 heteroatoms. The number of halogens is 3. The van der Waals surface area contributed by atoms with Crippen LogP contribution < -0.4 is 9.80 Å². The van der Waals surface area contributed by atoms with Gasteiger partial charge in [0.25, 0.3) is 0 Å². The molecular formula is C20H20F3N7O2S. The average Bonchev–Trinajstić information content (AvgIpc) is 3.49. The Labute approximate surface area is 190 Å². The van der Waals surface area contributed by atoms with E-state index in [0.29, 0.717) is 41.3 Å². The molecule has 5 rings (SSSR count). The van der Waals surface area contributed by atoms with Crippen molar-refractivity contribution in [1.82, 2.24) is 25.2 Å². The maximum Gasteiger partial charge on any atom is 0.416 e. The average molecular weight is 479 g/mol. The van der Waals surface area contributed by atoms with Gasteiger partial charge in [-0.1, -0.05) is 17.4 Å². The minimum atomic E-state index is -4.36. The van der Waals surface area contributed by atoms with Crippen LogP contribution in [0.15, 0.2) is 24.4 Å². The number of anilines is 2. The van der Waals surface area contributed by atoms with Crippen LogP contribution >= 0.6 is 11.3 Å². The van der Waals surface area contributed by atoms with E-state index in [1.54, 1.807) is 6.20 Å². The Morgan fingerprint density at radius 2 is 1.88 bits per heavy atom. The summed E-state index contributed by atoms with van der Waals surface area (Å²) in [6.07, 6.45) is -2.71. The van der Waals surface area contributed by atoms with Gasteiger partial charge in [0.1, 0.15) is 0 Å². The second-order valence-corrected chi connectivity index (χ2v) is 9.38. The molecule has 2 unspecified atom stereocenters. The fourth-order valence-corrected chi connectivity index (χ4v) is 5.38. The van der Waals surface area contributed by atoms with Gasteiger partial charge in [-0.2, -0.15) is 18.0 Å². The maximum atomic E-state index is 13.2. The third kappa shape index (κ3) is 4.24. The molecule has 9 nitrogen and oxygen atoms in total. The van der Waals surface area contributed by atoms with Crippen LogP contribution in [0.5, 0.6) is 0 Å². The zero-order valence-electron chi connectivity index (χ0n) is 17.5. The van der Waals surface area contributed by atoms with Crippen molar-refractivity contribution in [2.24, 2.45) is 11.8 Å². The Balaban J connectivity index is 1.26. The predicted molar refractivity (Wildman–Crippen MR) is 114 cm³/mol. The van der Waals surface area contributed by atoms with E-state index in [1.165, 1.54) is 23.5 Å². The SMILES string of the molecule is Cc1ccc(C(F)(F)F)cc1N1CC2CN(c3ncc(-c4nnn(CC(=O)O)n4)s3)CC2C1. The van der Waals surface area contributed by atoms with Gasteiger partial charge in [0.2, 0.25) is 5.82 Å². The molecule has 0 amide bonds. The van der Waals surface area contributed by atoms with Gasteiger partial charge in [0.15, 0.2) is 11.7 Å². The number of thiazole rings is 1. The minimum absolute atomic E-state index is 0.325. The van der Waals surface area contributed by atoms with Crippen molar-refractivity contribution in [1.29, 1.82) is 0 Å². The van der Waals surface area contributed by atoms with Crippen LogP contribution in [-0.2, 0) is 17.5 Å². The molecule has 2 saturated heterocycles. The van der Waals surface area contributed by atoms with Gasteiger partial charge in [-0.3, -0.25) is 4.79 Å². The number of aryl methyl sites for hydroxylation is 1. The Morgan fingerprint density at radius 1 is 1.18 bits per heavy atom. The molecule has 2 aromatic heterocycles. The number of nitrogens with zero attached hydrogens (tertiary/aromatic N) is 7. The van der Waals surface area contributed by atoms with Gasteiger partial charge < -0.3 is 14.9 Å². The van der Waals surface area contributed by atoms with Gasteiger partial charge >= 0.3 is 12.1 Å². The maximum absolute atomic E-state index is 13.2. The summed E-state index contributed by atoms with van der Waals surface area (Å²) in [6.45, 7) is 4.42. The van der Waals surface area contributed by atoms with Gasteiger partial charge in [-0.25, -0.2) is 4.98 Å². The van der Waals surface area contributed by atoms with E-state index in [9.17, 15) is 18.0 Å². The van der Waals surface area contributed by atoms with Crippen LogP contribution in [0, 0.1) is 18.8 Å². The number of aliphatic carboxylic acids is 1. The quantitative estimate of drug-likeness (QED) is 0.596. The summed E-state index contributed by atoms with van der Waals surface area (Å²) in [5.74, 6) is -0.0609.